The largest absolute Gasteiger partial charge is 0.395 e. The van der Waals surface area contributed by atoms with Crippen LogP contribution in [0.3, 0.4) is 0 Å². The molecule has 184 valence electrons. The van der Waals surface area contributed by atoms with Crippen LogP contribution < -0.4 is 0 Å². The highest BCUT2D eigenvalue weighted by Gasteiger charge is 2.32. The fourth-order valence-electron chi connectivity index (χ4n) is 6.15. The molecular weight excluding hydrogens is 384 g/mol. The summed E-state index contributed by atoms with van der Waals surface area (Å²) in [7, 11) is 0. The molecule has 0 saturated carbocycles. The zero-order valence-corrected chi connectivity index (χ0v) is 20.9. The zero-order valence-electron chi connectivity index (χ0n) is 20.9. The molecule has 31 heavy (non-hydrogen) atoms. The molecule has 2 N–H and O–H groups in total. The highest BCUT2D eigenvalue weighted by molar-refractivity contribution is 4.73. The maximum atomic E-state index is 9.68. The Kier molecular flexibility index (Phi) is 14.4. The van der Waals surface area contributed by atoms with Gasteiger partial charge in [-0.3, -0.25) is 0 Å². The number of likely N-dealkylation sites (tertiary alicyclic amines) is 2. The number of aliphatic hydroxyl groups excluding tert-OH is 2. The molecule has 0 aromatic heterocycles. The summed E-state index contributed by atoms with van der Waals surface area (Å²) in [6, 6.07) is 0. The Morgan fingerprint density at radius 2 is 1.26 bits per heavy atom. The lowest BCUT2D eigenvalue weighted by atomic mass is 9.86. The fraction of sp³-hybridized carbons (Fsp3) is 1.00. The van der Waals surface area contributed by atoms with Crippen LogP contribution in [0.25, 0.3) is 0 Å². The van der Waals surface area contributed by atoms with E-state index in [1.54, 1.807) is 0 Å². The van der Waals surface area contributed by atoms with Crippen LogP contribution in [0.1, 0.15) is 103 Å². The number of hydrogen-bond acceptors (Lipinski definition) is 3. The molecule has 0 amide bonds. The van der Waals surface area contributed by atoms with Crippen LogP contribution in [0, 0.1) is 11.8 Å². The first-order chi connectivity index (χ1) is 15.2. The number of piperidine rings is 2. The molecule has 2 fully saturated rings. The zero-order chi connectivity index (χ0) is 22.2. The molecular formula is C27H55N2O2+. The van der Waals surface area contributed by atoms with E-state index >= 15 is 0 Å². The normalized spacial score (nSPS) is 25.8. The minimum Gasteiger partial charge on any atom is -0.395 e. The van der Waals surface area contributed by atoms with Gasteiger partial charge in [-0.2, -0.15) is 0 Å². The Hall–Kier alpha value is -0.160. The van der Waals surface area contributed by atoms with E-state index in [-0.39, 0.29) is 0 Å². The van der Waals surface area contributed by atoms with Crippen molar-refractivity contribution in [1.29, 1.82) is 0 Å². The van der Waals surface area contributed by atoms with E-state index in [0.29, 0.717) is 13.2 Å². The van der Waals surface area contributed by atoms with E-state index in [2.05, 4.69) is 11.8 Å². The summed E-state index contributed by atoms with van der Waals surface area (Å²) in [6.07, 6.45) is 20.8. The average Bonchev–Trinajstić information content (AvgIpc) is 2.79. The lowest BCUT2D eigenvalue weighted by Crippen LogP contribution is -2.55. The van der Waals surface area contributed by atoms with Gasteiger partial charge in [0.15, 0.2) is 0 Å². The summed E-state index contributed by atoms with van der Waals surface area (Å²) in [5.41, 5.74) is 0. The highest BCUT2D eigenvalue weighted by Crippen LogP contribution is 2.30. The van der Waals surface area contributed by atoms with Crippen molar-refractivity contribution in [3.05, 3.63) is 0 Å². The Morgan fingerprint density at radius 3 is 1.84 bits per heavy atom. The predicted molar refractivity (Wildman–Crippen MR) is 132 cm³/mol. The van der Waals surface area contributed by atoms with E-state index in [1.807, 2.05) is 0 Å². The van der Waals surface area contributed by atoms with E-state index in [0.717, 1.165) is 24.9 Å². The molecule has 2 heterocycles. The third-order valence-corrected chi connectivity index (χ3v) is 8.43. The van der Waals surface area contributed by atoms with Gasteiger partial charge >= 0.3 is 0 Å². The topological polar surface area (TPSA) is 43.7 Å². The third-order valence-electron chi connectivity index (χ3n) is 8.43. The smallest absolute Gasteiger partial charge is 0.102 e. The van der Waals surface area contributed by atoms with Crippen LogP contribution in [0.5, 0.6) is 0 Å². The molecule has 2 aliphatic heterocycles. The molecule has 0 aliphatic carbocycles. The summed E-state index contributed by atoms with van der Waals surface area (Å²) in [4.78, 5) is 2.42. The van der Waals surface area contributed by atoms with Crippen molar-refractivity contribution in [2.75, 3.05) is 59.0 Å². The van der Waals surface area contributed by atoms with Gasteiger partial charge in [0.2, 0.25) is 0 Å². The molecule has 0 atom stereocenters. The number of rotatable bonds is 17. The molecule has 0 spiro atoms. The van der Waals surface area contributed by atoms with Gasteiger partial charge in [0.05, 0.1) is 32.8 Å². The lowest BCUT2D eigenvalue weighted by Gasteiger charge is -2.44. The SMILES string of the molecule is CCCCCCCCCC[N+]1(CCO)CCC(CCCC2CCN(CCO)CC2)CC1. The highest BCUT2D eigenvalue weighted by atomic mass is 16.3. The summed E-state index contributed by atoms with van der Waals surface area (Å²) in [6.45, 7) is 11.1. The number of unbranched alkanes of at least 4 members (excludes halogenated alkanes) is 7. The van der Waals surface area contributed by atoms with Crippen LogP contribution in [-0.4, -0.2) is 78.6 Å². The van der Waals surface area contributed by atoms with Gasteiger partial charge in [-0.1, -0.05) is 64.7 Å². The first-order valence-electron chi connectivity index (χ1n) is 14.0. The Morgan fingerprint density at radius 1 is 0.677 bits per heavy atom. The van der Waals surface area contributed by atoms with Gasteiger partial charge in [0.1, 0.15) is 6.54 Å². The molecule has 4 nitrogen and oxygen atoms in total. The number of β-amino-alcohol motifs (C(OH)–C–C–N with tert-alkyl or cyclic N) is 1. The number of nitrogens with zero attached hydrogens (tertiary/aromatic N) is 2. The summed E-state index contributed by atoms with van der Waals surface area (Å²) < 4.78 is 1.20. The second kappa shape index (κ2) is 16.5. The van der Waals surface area contributed by atoms with E-state index in [1.165, 1.54) is 134 Å². The second-order valence-corrected chi connectivity index (χ2v) is 10.8. The van der Waals surface area contributed by atoms with Crippen molar-refractivity contribution < 1.29 is 14.7 Å². The second-order valence-electron chi connectivity index (χ2n) is 10.8. The molecule has 0 aromatic rings. The van der Waals surface area contributed by atoms with Gasteiger partial charge in [0, 0.05) is 6.54 Å². The van der Waals surface area contributed by atoms with E-state index in [9.17, 15) is 5.11 Å². The molecule has 2 saturated heterocycles. The van der Waals surface area contributed by atoms with Crippen LogP contribution >= 0.6 is 0 Å². The predicted octanol–water partition coefficient (Wildman–Crippen LogP) is 5.22. The van der Waals surface area contributed by atoms with Crippen molar-refractivity contribution in [2.24, 2.45) is 11.8 Å². The van der Waals surface area contributed by atoms with Crippen molar-refractivity contribution in [1.82, 2.24) is 4.90 Å². The minimum atomic E-state index is 0.307. The Labute approximate surface area is 194 Å². The Bertz CT molecular complexity index is 415. The minimum absolute atomic E-state index is 0.307. The first kappa shape index (κ1) is 27.1. The van der Waals surface area contributed by atoms with Gasteiger partial charge in [-0.05, 0) is 63.5 Å². The fourth-order valence-corrected chi connectivity index (χ4v) is 6.15. The first-order valence-corrected chi connectivity index (χ1v) is 14.0. The Balaban J connectivity index is 1.55. The number of quaternary nitrogens is 1. The van der Waals surface area contributed by atoms with Crippen molar-refractivity contribution in [2.45, 2.75) is 103 Å². The van der Waals surface area contributed by atoms with Crippen LogP contribution in [0.15, 0.2) is 0 Å². The van der Waals surface area contributed by atoms with Crippen LogP contribution in [-0.2, 0) is 0 Å². The maximum Gasteiger partial charge on any atom is 0.102 e. The van der Waals surface area contributed by atoms with Gasteiger partial charge in [-0.15, -0.1) is 0 Å². The molecule has 0 aromatic carbocycles. The molecule has 4 heteroatoms. The molecule has 0 unspecified atom stereocenters. The summed E-state index contributed by atoms with van der Waals surface area (Å²) in [5, 5.41) is 18.8. The van der Waals surface area contributed by atoms with E-state index < -0.39 is 0 Å². The van der Waals surface area contributed by atoms with Crippen molar-refractivity contribution in [3.63, 3.8) is 0 Å². The van der Waals surface area contributed by atoms with Crippen LogP contribution in [0.4, 0.5) is 0 Å². The number of aliphatic hydroxyl groups is 2. The standard InChI is InChI=1S/C27H55N2O2/c1-2-3-4-5-6-7-8-9-20-29(23-25-31)21-15-27(16-22-29)12-10-11-26-13-17-28(18-14-26)19-24-30/h26-27,30-31H,2-25H2,1H3/q+1. The molecule has 2 aliphatic rings. The van der Waals surface area contributed by atoms with Gasteiger partial charge < -0.3 is 19.6 Å². The molecule has 2 rings (SSSR count). The maximum absolute atomic E-state index is 9.68. The van der Waals surface area contributed by atoms with Crippen molar-refractivity contribution in [3.8, 4) is 0 Å². The average molecular weight is 440 g/mol. The summed E-state index contributed by atoms with van der Waals surface area (Å²) in [5.74, 6) is 1.85. The molecule has 0 bridgehead atoms. The van der Waals surface area contributed by atoms with Crippen molar-refractivity contribution >= 4 is 0 Å². The van der Waals surface area contributed by atoms with E-state index in [4.69, 9.17) is 5.11 Å². The third kappa shape index (κ3) is 11.0. The monoisotopic (exact) mass is 439 g/mol. The molecule has 0 radical (unpaired) electrons. The number of hydrogen-bond donors (Lipinski definition) is 2. The van der Waals surface area contributed by atoms with Gasteiger partial charge in [0.25, 0.3) is 0 Å². The lowest BCUT2D eigenvalue weighted by molar-refractivity contribution is -0.934. The summed E-state index contributed by atoms with van der Waals surface area (Å²) >= 11 is 0. The quantitative estimate of drug-likeness (QED) is 0.241. The van der Waals surface area contributed by atoms with Crippen LogP contribution in [0.2, 0.25) is 0 Å². The van der Waals surface area contributed by atoms with Gasteiger partial charge in [-0.25, -0.2) is 0 Å².